The molecule has 0 aliphatic carbocycles. The first-order valence-electron chi connectivity index (χ1n) is 10.2. The number of hydrogen-bond acceptors (Lipinski definition) is 7. The van der Waals surface area contributed by atoms with E-state index in [1.54, 1.807) is 18.3 Å². The molecular weight excluding hydrogens is 397 g/mol. The summed E-state index contributed by atoms with van der Waals surface area (Å²) in [5.41, 5.74) is 9.49. The molecule has 1 fully saturated rings. The van der Waals surface area contributed by atoms with Crippen LogP contribution in [0.3, 0.4) is 0 Å². The summed E-state index contributed by atoms with van der Waals surface area (Å²) in [4.78, 5) is 4.33. The molecule has 5 rings (SSSR count). The third-order valence-corrected chi connectivity index (χ3v) is 5.58. The van der Waals surface area contributed by atoms with Crippen LogP contribution >= 0.6 is 0 Å². The topological polar surface area (TPSA) is 112 Å². The first kappa shape index (κ1) is 19.3. The molecular formula is C21H22FN9. The molecule has 1 aromatic carbocycles. The number of rotatable bonds is 4. The molecule has 9 nitrogen and oxygen atoms in total. The Morgan fingerprint density at radius 2 is 1.97 bits per heavy atom. The first-order valence-corrected chi connectivity index (χ1v) is 10.2. The second kappa shape index (κ2) is 7.88. The predicted octanol–water partition coefficient (Wildman–Crippen LogP) is 2.54. The van der Waals surface area contributed by atoms with Crippen molar-refractivity contribution in [2.24, 2.45) is 0 Å². The molecule has 1 saturated heterocycles. The van der Waals surface area contributed by atoms with Crippen molar-refractivity contribution in [3.63, 3.8) is 0 Å². The van der Waals surface area contributed by atoms with E-state index in [-0.39, 0.29) is 11.5 Å². The van der Waals surface area contributed by atoms with Crippen molar-refractivity contribution in [3.8, 4) is 28.2 Å². The Labute approximate surface area is 178 Å². The lowest BCUT2D eigenvalue weighted by molar-refractivity contribution is 0.343. The maximum atomic E-state index is 14.6. The molecule has 0 spiro atoms. The lowest BCUT2D eigenvalue weighted by Gasteiger charge is -2.22. The van der Waals surface area contributed by atoms with E-state index < -0.39 is 5.82 Å². The standard InChI is InChI=1S/C21H22FN9/c1-13-2-3-19(18(22)8-13)31-21(27-28-29-31)17-9-14(10-25-20(17)23)15-11-26-30(12-15)16-4-6-24-7-5-16/h2-3,8-12,16,24H,4-7H2,1H3,(H2,23,25). The Kier molecular flexibility index (Phi) is 4.91. The molecule has 3 N–H and O–H groups in total. The average Bonchev–Trinajstić information content (AvgIpc) is 3.45. The molecule has 10 heteroatoms. The minimum atomic E-state index is -0.417. The molecule has 31 heavy (non-hydrogen) atoms. The SMILES string of the molecule is Cc1ccc(-n2nnnc2-c2cc(-c3cnn(C4CCNCC4)c3)cnc2N)c(F)c1. The minimum Gasteiger partial charge on any atom is -0.383 e. The maximum Gasteiger partial charge on any atom is 0.190 e. The van der Waals surface area contributed by atoms with Crippen LogP contribution in [0.2, 0.25) is 0 Å². The monoisotopic (exact) mass is 419 g/mol. The molecule has 0 radical (unpaired) electrons. The van der Waals surface area contributed by atoms with Crippen LogP contribution in [0.15, 0.2) is 42.9 Å². The quantitative estimate of drug-likeness (QED) is 0.523. The number of anilines is 1. The molecule has 4 aromatic rings. The molecule has 3 aromatic heterocycles. The van der Waals surface area contributed by atoms with Gasteiger partial charge in [0.05, 0.1) is 17.8 Å². The van der Waals surface area contributed by atoms with E-state index in [1.165, 1.54) is 10.7 Å². The van der Waals surface area contributed by atoms with Crippen LogP contribution in [0.4, 0.5) is 10.2 Å². The number of nitrogens with two attached hydrogens (primary N) is 1. The summed E-state index contributed by atoms with van der Waals surface area (Å²) in [6.07, 6.45) is 7.63. The molecule has 158 valence electrons. The number of tetrazole rings is 1. The van der Waals surface area contributed by atoms with Gasteiger partial charge >= 0.3 is 0 Å². The summed E-state index contributed by atoms with van der Waals surface area (Å²) < 4.78 is 17.9. The number of benzene rings is 1. The van der Waals surface area contributed by atoms with Gasteiger partial charge in [0.25, 0.3) is 0 Å². The summed E-state index contributed by atoms with van der Waals surface area (Å²) in [5, 5.41) is 19.7. The summed E-state index contributed by atoms with van der Waals surface area (Å²) in [6.45, 7) is 3.81. The van der Waals surface area contributed by atoms with Gasteiger partial charge in [0.1, 0.15) is 17.3 Å². The molecule has 4 heterocycles. The number of aromatic nitrogens is 7. The number of nitrogens with zero attached hydrogens (tertiary/aromatic N) is 7. The molecule has 0 amide bonds. The van der Waals surface area contributed by atoms with Crippen LogP contribution in [-0.4, -0.2) is 48.1 Å². The van der Waals surface area contributed by atoms with E-state index in [0.717, 1.165) is 42.6 Å². The van der Waals surface area contributed by atoms with Gasteiger partial charge in [0.2, 0.25) is 0 Å². The number of piperidine rings is 1. The van der Waals surface area contributed by atoms with Crippen molar-refractivity contribution in [3.05, 3.63) is 54.2 Å². The van der Waals surface area contributed by atoms with E-state index in [2.05, 4.69) is 30.9 Å². The zero-order valence-electron chi connectivity index (χ0n) is 17.0. The second-order valence-corrected chi connectivity index (χ2v) is 7.72. The summed E-state index contributed by atoms with van der Waals surface area (Å²) in [6, 6.07) is 7.13. The van der Waals surface area contributed by atoms with Crippen LogP contribution < -0.4 is 11.1 Å². The van der Waals surface area contributed by atoms with Gasteiger partial charge in [0, 0.05) is 23.5 Å². The van der Waals surface area contributed by atoms with E-state index in [1.807, 2.05) is 30.1 Å². The van der Waals surface area contributed by atoms with Crippen molar-refractivity contribution in [1.29, 1.82) is 0 Å². The van der Waals surface area contributed by atoms with Gasteiger partial charge in [-0.15, -0.1) is 5.10 Å². The van der Waals surface area contributed by atoms with Gasteiger partial charge in [-0.1, -0.05) is 6.07 Å². The Morgan fingerprint density at radius 3 is 2.77 bits per heavy atom. The third kappa shape index (κ3) is 3.66. The Morgan fingerprint density at radius 1 is 1.13 bits per heavy atom. The van der Waals surface area contributed by atoms with Crippen molar-refractivity contribution in [2.75, 3.05) is 18.8 Å². The van der Waals surface area contributed by atoms with Gasteiger partial charge in [0.15, 0.2) is 5.82 Å². The normalized spacial score (nSPS) is 14.8. The van der Waals surface area contributed by atoms with Crippen molar-refractivity contribution in [1.82, 2.24) is 40.3 Å². The highest BCUT2D eigenvalue weighted by atomic mass is 19.1. The highest BCUT2D eigenvalue weighted by Crippen LogP contribution is 2.30. The van der Waals surface area contributed by atoms with Gasteiger partial charge in [-0.05, 0) is 67.0 Å². The molecule has 1 aliphatic heterocycles. The van der Waals surface area contributed by atoms with Crippen LogP contribution in [0, 0.1) is 12.7 Å². The molecule has 0 bridgehead atoms. The van der Waals surface area contributed by atoms with Crippen LogP contribution in [-0.2, 0) is 0 Å². The molecule has 1 aliphatic rings. The zero-order valence-corrected chi connectivity index (χ0v) is 17.0. The minimum absolute atomic E-state index is 0.245. The van der Waals surface area contributed by atoms with Crippen molar-refractivity contribution >= 4 is 5.82 Å². The number of hydrogen-bond donors (Lipinski definition) is 2. The van der Waals surface area contributed by atoms with Crippen molar-refractivity contribution < 1.29 is 4.39 Å². The van der Waals surface area contributed by atoms with Crippen LogP contribution in [0.25, 0.3) is 28.2 Å². The van der Waals surface area contributed by atoms with E-state index in [9.17, 15) is 4.39 Å². The highest BCUT2D eigenvalue weighted by Gasteiger charge is 2.20. The fourth-order valence-corrected chi connectivity index (χ4v) is 3.87. The summed E-state index contributed by atoms with van der Waals surface area (Å²) >= 11 is 0. The van der Waals surface area contributed by atoms with E-state index in [4.69, 9.17) is 5.73 Å². The Hall–Kier alpha value is -3.66. The average molecular weight is 419 g/mol. The van der Waals surface area contributed by atoms with Crippen molar-refractivity contribution in [2.45, 2.75) is 25.8 Å². The maximum absolute atomic E-state index is 14.6. The van der Waals surface area contributed by atoms with E-state index in [0.29, 0.717) is 17.4 Å². The van der Waals surface area contributed by atoms with Gasteiger partial charge < -0.3 is 11.1 Å². The number of nitrogens with one attached hydrogen (secondary N) is 1. The summed E-state index contributed by atoms with van der Waals surface area (Å²) in [5.74, 6) is 0.165. The summed E-state index contributed by atoms with van der Waals surface area (Å²) in [7, 11) is 0. The number of nitrogen functional groups attached to an aromatic ring is 1. The third-order valence-electron chi connectivity index (χ3n) is 5.58. The van der Waals surface area contributed by atoms with E-state index >= 15 is 0 Å². The van der Waals surface area contributed by atoms with Crippen LogP contribution in [0.1, 0.15) is 24.4 Å². The van der Waals surface area contributed by atoms with Crippen LogP contribution in [0.5, 0.6) is 0 Å². The molecule has 0 saturated carbocycles. The lowest BCUT2D eigenvalue weighted by atomic mass is 10.1. The zero-order chi connectivity index (χ0) is 21.4. The number of halogens is 1. The number of pyridine rings is 1. The van der Waals surface area contributed by atoms with Gasteiger partial charge in [-0.2, -0.15) is 9.78 Å². The number of aryl methyl sites for hydroxylation is 1. The highest BCUT2D eigenvalue weighted by molar-refractivity contribution is 5.76. The Bertz CT molecular complexity index is 1220. The fourth-order valence-electron chi connectivity index (χ4n) is 3.87. The first-order chi connectivity index (χ1) is 15.1. The Balaban J connectivity index is 1.52. The van der Waals surface area contributed by atoms with Gasteiger partial charge in [-0.25, -0.2) is 9.37 Å². The predicted molar refractivity (Wildman–Crippen MR) is 114 cm³/mol. The largest absolute Gasteiger partial charge is 0.383 e. The van der Waals surface area contributed by atoms with Gasteiger partial charge in [-0.3, -0.25) is 4.68 Å². The lowest BCUT2D eigenvalue weighted by Crippen LogP contribution is -2.29. The fraction of sp³-hybridized carbons (Fsp3) is 0.286. The smallest absolute Gasteiger partial charge is 0.190 e. The second-order valence-electron chi connectivity index (χ2n) is 7.72. The molecule has 0 atom stereocenters. The molecule has 0 unspecified atom stereocenters.